The lowest BCUT2D eigenvalue weighted by atomic mass is 10.1. The van der Waals surface area contributed by atoms with Crippen molar-refractivity contribution in [1.82, 2.24) is 15.0 Å². The van der Waals surface area contributed by atoms with E-state index in [-0.39, 0.29) is 5.95 Å². The molecule has 6 heteroatoms. The third-order valence-corrected chi connectivity index (χ3v) is 2.99. The maximum Gasteiger partial charge on any atom is 0.280 e. The van der Waals surface area contributed by atoms with Gasteiger partial charge in [0, 0.05) is 11.4 Å². The first kappa shape index (κ1) is 12.3. The standard InChI is InChI=1S/C14H12N4O2/c1-8-7-9(2)16-14(15-8)17-18-12(19)10-5-3-4-6-11(10)13(18)20/h3-7H,1-2H3,(H,15,16,17). The summed E-state index contributed by atoms with van der Waals surface area (Å²) in [6.45, 7) is 3.64. The number of amides is 2. The predicted molar refractivity (Wildman–Crippen MR) is 72.1 cm³/mol. The molecule has 1 N–H and O–H groups in total. The summed E-state index contributed by atoms with van der Waals surface area (Å²) in [7, 11) is 0. The maximum atomic E-state index is 12.2. The molecule has 0 fully saturated rings. The fourth-order valence-electron chi connectivity index (χ4n) is 2.17. The van der Waals surface area contributed by atoms with Crippen molar-refractivity contribution in [3.8, 4) is 0 Å². The smallest absolute Gasteiger partial charge is 0.267 e. The van der Waals surface area contributed by atoms with Gasteiger partial charge in [0.2, 0.25) is 5.95 Å². The molecule has 0 atom stereocenters. The number of benzene rings is 1. The number of nitrogens with zero attached hydrogens (tertiary/aromatic N) is 3. The SMILES string of the molecule is Cc1cc(C)nc(NN2C(=O)c3ccccc3C2=O)n1. The lowest BCUT2D eigenvalue weighted by molar-refractivity contribution is 0.0689. The van der Waals surface area contributed by atoms with Crippen molar-refractivity contribution in [1.29, 1.82) is 0 Å². The van der Waals surface area contributed by atoms with Gasteiger partial charge in [0.15, 0.2) is 0 Å². The lowest BCUT2D eigenvalue weighted by Gasteiger charge is -2.15. The number of imide groups is 1. The molecule has 1 aliphatic rings. The average Bonchev–Trinajstić information content (AvgIpc) is 2.64. The summed E-state index contributed by atoms with van der Waals surface area (Å²) < 4.78 is 0. The number of aromatic nitrogens is 2. The second kappa shape index (κ2) is 4.41. The fraction of sp³-hybridized carbons (Fsp3) is 0.143. The first-order valence-corrected chi connectivity index (χ1v) is 6.13. The lowest BCUT2D eigenvalue weighted by Crippen LogP contribution is -2.36. The van der Waals surface area contributed by atoms with E-state index in [1.165, 1.54) is 0 Å². The second-order valence-corrected chi connectivity index (χ2v) is 4.58. The molecule has 1 aromatic carbocycles. The zero-order chi connectivity index (χ0) is 14.3. The molecule has 1 aliphatic heterocycles. The summed E-state index contributed by atoms with van der Waals surface area (Å²) in [5, 5.41) is 0.943. The van der Waals surface area contributed by atoms with Crippen molar-refractivity contribution >= 4 is 17.8 Å². The van der Waals surface area contributed by atoms with E-state index < -0.39 is 11.8 Å². The molecule has 2 amide bonds. The number of carbonyl (C=O) groups is 2. The fourth-order valence-corrected chi connectivity index (χ4v) is 2.17. The number of anilines is 1. The van der Waals surface area contributed by atoms with Crippen LogP contribution in [0.5, 0.6) is 0 Å². The molecule has 3 rings (SSSR count). The van der Waals surface area contributed by atoms with Gasteiger partial charge < -0.3 is 0 Å². The van der Waals surface area contributed by atoms with Crippen LogP contribution in [-0.2, 0) is 0 Å². The molecule has 0 saturated carbocycles. The Kier molecular flexibility index (Phi) is 2.71. The molecular formula is C14H12N4O2. The summed E-state index contributed by atoms with van der Waals surface area (Å²) in [6.07, 6.45) is 0. The Balaban J connectivity index is 1.93. The Morgan fingerprint density at radius 1 is 0.950 bits per heavy atom. The summed E-state index contributed by atoms with van der Waals surface area (Å²) >= 11 is 0. The van der Waals surface area contributed by atoms with Crippen molar-refractivity contribution < 1.29 is 9.59 Å². The number of carbonyl (C=O) groups excluding carboxylic acids is 2. The number of hydrogen-bond acceptors (Lipinski definition) is 5. The molecule has 1 aromatic heterocycles. The number of nitrogens with one attached hydrogen (secondary N) is 1. The third kappa shape index (κ3) is 1.91. The van der Waals surface area contributed by atoms with E-state index in [0.717, 1.165) is 16.4 Å². The van der Waals surface area contributed by atoms with E-state index in [1.54, 1.807) is 24.3 Å². The van der Waals surface area contributed by atoms with E-state index in [4.69, 9.17) is 0 Å². The van der Waals surface area contributed by atoms with Gasteiger partial charge in [-0.1, -0.05) is 12.1 Å². The Morgan fingerprint density at radius 2 is 1.45 bits per heavy atom. The van der Waals surface area contributed by atoms with Gasteiger partial charge in [-0.3, -0.25) is 15.0 Å². The number of fused-ring (bicyclic) bond motifs is 1. The molecule has 20 heavy (non-hydrogen) atoms. The molecular weight excluding hydrogens is 256 g/mol. The normalized spacial score (nSPS) is 13.6. The molecule has 2 aromatic rings. The van der Waals surface area contributed by atoms with Crippen LogP contribution in [0.15, 0.2) is 30.3 Å². The Morgan fingerprint density at radius 3 is 1.95 bits per heavy atom. The van der Waals surface area contributed by atoms with Crippen LogP contribution in [-0.4, -0.2) is 26.8 Å². The van der Waals surface area contributed by atoms with Crippen LogP contribution in [0.2, 0.25) is 0 Å². The molecule has 0 unspecified atom stereocenters. The number of rotatable bonds is 2. The van der Waals surface area contributed by atoms with Gasteiger partial charge in [-0.2, -0.15) is 5.01 Å². The van der Waals surface area contributed by atoms with Gasteiger partial charge in [-0.25, -0.2) is 9.97 Å². The van der Waals surface area contributed by atoms with Crippen LogP contribution in [0, 0.1) is 13.8 Å². The highest BCUT2D eigenvalue weighted by atomic mass is 16.2. The number of hydrogen-bond donors (Lipinski definition) is 1. The molecule has 100 valence electrons. The minimum Gasteiger partial charge on any atom is -0.267 e. The highest BCUT2D eigenvalue weighted by molar-refractivity contribution is 6.21. The largest absolute Gasteiger partial charge is 0.280 e. The summed E-state index contributed by atoms with van der Waals surface area (Å²) in [4.78, 5) is 32.7. The minimum atomic E-state index is -0.395. The van der Waals surface area contributed by atoms with E-state index in [9.17, 15) is 9.59 Å². The van der Waals surface area contributed by atoms with Crippen molar-refractivity contribution in [3.05, 3.63) is 52.8 Å². The highest BCUT2D eigenvalue weighted by Crippen LogP contribution is 2.22. The number of hydrazine groups is 1. The monoisotopic (exact) mass is 268 g/mol. The van der Waals surface area contributed by atoms with Crippen LogP contribution < -0.4 is 5.43 Å². The molecule has 0 saturated heterocycles. The zero-order valence-electron chi connectivity index (χ0n) is 11.0. The van der Waals surface area contributed by atoms with Gasteiger partial charge in [0.25, 0.3) is 11.8 Å². The first-order valence-electron chi connectivity index (χ1n) is 6.13. The maximum absolute atomic E-state index is 12.2. The molecule has 0 spiro atoms. The van der Waals surface area contributed by atoms with E-state index >= 15 is 0 Å². The topological polar surface area (TPSA) is 75.2 Å². The Hall–Kier alpha value is -2.76. The molecule has 6 nitrogen and oxygen atoms in total. The average molecular weight is 268 g/mol. The van der Waals surface area contributed by atoms with Crippen LogP contribution in [0.1, 0.15) is 32.1 Å². The summed E-state index contributed by atoms with van der Waals surface area (Å²) in [5.41, 5.74) is 4.97. The highest BCUT2D eigenvalue weighted by Gasteiger charge is 2.36. The van der Waals surface area contributed by atoms with Crippen molar-refractivity contribution in [2.45, 2.75) is 13.8 Å². The number of aryl methyl sites for hydroxylation is 2. The van der Waals surface area contributed by atoms with E-state index in [2.05, 4.69) is 15.4 Å². The van der Waals surface area contributed by atoms with E-state index in [1.807, 2.05) is 19.9 Å². The molecule has 0 bridgehead atoms. The Labute approximate surface area is 115 Å². The molecule has 0 radical (unpaired) electrons. The van der Waals surface area contributed by atoms with Crippen LogP contribution >= 0.6 is 0 Å². The minimum absolute atomic E-state index is 0.233. The third-order valence-electron chi connectivity index (χ3n) is 2.99. The van der Waals surface area contributed by atoms with Crippen LogP contribution in [0.4, 0.5) is 5.95 Å². The zero-order valence-corrected chi connectivity index (χ0v) is 11.0. The quantitative estimate of drug-likeness (QED) is 0.839. The first-order chi connectivity index (χ1) is 9.56. The van der Waals surface area contributed by atoms with Gasteiger partial charge >= 0.3 is 0 Å². The van der Waals surface area contributed by atoms with Crippen molar-refractivity contribution in [3.63, 3.8) is 0 Å². The summed E-state index contributed by atoms with van der Waals surface area (Å²) in [5.74, 6) is -0.557. The van der Waals surface area contributed by atoms with Crippen molar-refractivity contribution in [2.75, 3.05) is 5.43 Å². The van der Waals surface area contributed by atoms with E-state index in [0.29, 0.717) is 11.1 Å². The Bertz CT molecular complexity index is 672. The predicted octanol–water partition coefficient (Wildman–Crippen LogP) is 1.72. The van der Waals surface area contributed by atoms with Gasteiger partial charge in [-0.05, 0) is 32.0 Å². The van der Waals surface area contributed by atoms with Gasteiger partial charge in [0.1, 0.15) is 0 Å². The van der Waals surface area contributed by atoms with Gasteiger partial charge in [-0.15, -0.1) is 0 Å². The molecule has 0 aliphatic carbocycles. The van der Waals surface area contributed by atoms with Gasteiger partial charge in [0.05, 0.1) is 11.1 Å². The molecule has 2 heterocycles. The van der Waals surface area contributed by atoms with Crippen LogP contribution in [0.25, 0.3) is 0 Å². The second-order valence-electron chi connectivity index (χ2n) is 4.58. The summed E-state index contributed by atoms with van der Waals surface area (Å²) in [6, 6.07) is 8.51. The van der Waals surface area contributed by atoms with Crippen molar-refractivity contribution in [2.24, 2.45) is 0 Å². The van der Waals surface area contributed by atoms with Crippen LogP contribution in [0.3, 0.4) is 0 Å².